The summed E-state index contributed by atoms with van der Waals surface area (Å²) in [7, 11) is 2.08. The topological polar surface area (TPSA) is 32.8 Å². The summed E-state index contributed by atoms with van der Waals surface area (Å²) in [6.07, 6.45) is 0.449. The lowest BCUT2D eigenvalue weighted by Gasteiger charge is -2.32. The van der Waals surface area contributed by atoms with Crippen molar-refractivity contribution in [3.05, 3.63) is 34.9 Å². The molecule has 0 aliphatic carbocycles. The van der Waals surface area contributed by atoms with Gasteiger partial charge in [0.25, 0.3) is 0 Å². The lowest BCUT2D eigenvalue weighted by Crippen LogP contribution is -2.47. The van der Waals surface area contributed by atoms with E-state index in [0.29, 0.717) is 24.7 Å². The average molecular weight is 297 g/mol. The second kappa shape index (κ2) is 7.62. The van der Waals surface area contributed by atoms with E-state index in [-0.39, 0.29) is 5.91 Å². The molecule has 110 valence electrons. The number of carbonyl (C=O) groups is 1. The number of ether oxygens (including phenoxy) is 1. The Kier molecular flexibility index (Phi) is 5.83. The van der Waals surface area contributed by atoms with Gasteiger partial charge < -0.3 is 14.5 Å². The van der Waals surface area contributed by atoms with Crippen molar-refractivity contribution in [1.82, 2.24) is 9.80 Å². The molecule has 1 aliphatic heterocycles. The number of rotatable bonds is 5. The normalized spacial score (nSPS) is 16.4. The molecule has 0 bridgehead atoms. The van der Waals surface area contributed by atoms with Crippen LogP contribution in [0.25, 0.3) is 0 Å². The van der Waals surface area contributed by atoms with Gasteiger partial charge in [0, 0.05) is 31.2 Å². The van der Waals surface area contributed by atoms with E-state index in [4.69, 9.17) is 16.3 Å². The van der Waals surface area contributed by atoms with E-state index in [1.807, 2.05) is 29.2 Å². The van der Waals surface area contributed by atoms with Gasteiger partial charge in [-0.15, -0.1) is 0 Å². The largest absolute Gasteiger partial charge is 0.376 e. The molecule has 4 nitrogen and oxygen atoms in total. The van der Waals surface area contributed by atoms with Crippen molar-refractivity contribution in [1.29, 1.82) is 0 Å². The fourth-order valence-electron chi connectivity index (χ4n) is 2.19. The molecule has 5 heteroatoms. The molecule has 20 heavy (non-hydrogen) atoms. The van der Waals surface area contributed by atoms with E-state index in [1.165, 1.54) is 0 Å². The fraction of sp³-hybridized carbons (Fsp3) is 0.533. The molecule has 1 aliphatic rings. The van der Waals surface area contributed by atoms with Crippen molar-refractivity contribution >= 4 is 17.5 Å². The number of piperazine rings is 1. The van der Waals surface area contributed by atoms with Gasteiger partial charge in [-0.1, -0.05) is 23.7 Å². The van der Waals surface area contributed by atoms with Gasteiger partial charge in [-0.2, -0.15) is 0 Å². The average Bonchev–Trinajstić information content (AvgIpc) is 2.44. The first-order chi connectivity index (χ1) is 9.65. The molecule has 1 heterocycles. The Morgan fingerprint density at radius 3 is 2.75 bits per heavy atom. The molecule has 1 amide bonds. The number of amides is 1. The van der Waals surface area contributed by atoms with Crippen LogP contribution in [0.3, 0.4) is 0 Å². The molecule has 1 fully saturated rings. The molecule has 0 unspecified atom stereocenters. The maximum absolute atomic E-state index is 12.0. The maximum Gasteiger partial charge on any atom is 0.224 e. The van der Waals surface area contributed by atoms with Crippen LogP contribution in [0.4, 0.5) is 0 Å². The van der Waals surface area contributed by atoms with Crippen LogP contribution in [-0.4, -0.2) is 55.5 Å². The molecule has 1 aromatic carbocycles. The molecule has 0 atom stereocenters. The predicted molar refractivity (Wildman–Crippen MR) is 79.8 cm³/mol. The third-order valence-corrected chi connectivity index (χ3v) is 3.71. The highest BCUT2D eigenvalue weighted by Gasteiger charge is 2.18. The zero-order valence-corrected chi connectivity index (χ0v) is 12.6. The third-order valence-electron chi connectivity index (χ3n) is 3.47. The maximum atomic E-state index is 12.0. The minimum absolute atomic E-state index is 0.184. The van der Waals surface area contributed by atoms with Gasteiger partial charge >= 0.3 is 0 Å². The van der Waals surface area contributed by atoms with Crippen molar-refractivity contribution in [3.8, 4) is 0 Å². The highest BCUT2D eigenvalue weighted by atomic mass is 35.5. The molecule has 0 radical (unpaired) electrons. The van der Waals surface area contributed by atoms with E-state index in [0.717, 1.165) is 31.7 Å². The van der Waals surface area contributed by atoms with Crippen LogP contribution >= 0.6 is 11.6 Å². The standard InChI is InChI=1S/C15H21ClN2O2/c1-17-6-8-18(9-7-17)15(19)5-10-20-12-13-3-2-4-14(16)11-13/h2-4,11H,5-10,12H2,1H3. The summed E-state index contributed by atoms with van der Waals surface area (Å²) in [5.74, 6) is 0.184. The summed E-state index contributed by atoms with van der Waals surface area (Å²) in [4.78, 5) is 16.1. The second-order valence-corrected chi connectivity index (χ2v) is 5.55. The number of likely N-dealkylation sites (N-methyl/N-ethyl adjacent to an activating group) is 1. The quantitative estimate of drug-likeness (QED) is 0.780. The van der Waals surface area contributed by atoms with Crippen LogP contribution in [0.1, 0.15) is 12.0 Å². The molecule has 1 saturated heterocycles. The van der Waals surface area contributed by atoms with E-state index in [1.54, 1.807) is 0 Å². The van der Waals surface area contributed by atoms with Gasteiger partial charge in [0.15, 0.2) is 0 Å². The molecular formula is C15H21ClN2O2. The Morgan fingerprint density at radius 1 is 1.30 bits per heavy atom. The van der Waals surface area contributed by atoms with Gasteiger partial charge in [0.2, 0.25) is 5.91 Å². The van der Waals surface area contributed by atoms with Crippen LogP contribution < -0.4 is 0 Å². The lowest BCUT2D eigenvalue weighted by atomic mass is 10.2. The number of carbonyl (C=O) groups excluding carboxylic acids is 1. The molecule has 0 aromatic heterocycles. The second-order valence-electron chi connectivity index (χ2n) is 5.12. The summed E-state index contributed by atoms with van der Waals surface area (Å²) in [6, 6.07) is 7.58. The Balaban J connectivity index is 1.64. The van der Waals surface area contributed by atoms with Crippen LogP contribution in [0.2, 0.25) is 5.02 Å². The van der Waals surface area contributed by atoms with E-state index < -0.39 is 0 Å². The monoisotopic (exact) mass is 296 g/mol. The molecular weight excluding hydrogens is 276 g/mol. The molecule has 0 spiro atoms. The number of nitrogens with zero attached hydrogens (tertiary/aromatic N) is 2. The highest BCUT2D eigenvalue weighted by molar-refractivity contribution is 6.30. The first kappa shape index (κ1) is 15.3. The van der Waals surface area contributed by atoms with Gasteiger partial charge in [-0.3, -0.25) is 4.79 Å². The number of hydrogen-bond acceptors (Lipinski definition) is 3. The van der Waals surface area contributed by atoms with Gasteiger partial charge in [0.1, 0.15) is 0 Å². The summed E-state index contributed by atoms with van der Waals surface area (Å²) in [6.45, 7) is 4.51. The molecule has 0 saturated carbocycles. The fourth-order valence-corrected chi connectivity index (χ4v) is 2.40. The van der Waals surface area contributed by atoms with Crippen LogP contribution in [0.5, 0.6) is 0 Å². The lowest BCUT2D eigenvalue weighted by molar-refractivity contribution is -0.134. The van der Waals surface area contributed by atoms with Crippen molar-refractivity contribution in [3.63, 3.8) is 0 Å². The van der Waals surface area contributed by atoms with E-state index in [9.17, 15) is 4.79 Å². The zero-order chi connectivity index (χ0) is 14.4. The number of benzene rings is 1. The van der Waals surface area contributed by atoms with E-state index in [2.05, 4.69) is 11.9 Å². The molecule has 1 aromatic rings. The summed E-state index contributed by atoms with van der Waals surface area (Å²) >= 11 is 5.90. The Morgan fingerprint density at radius 2 is 2.05 bits per heavy atom. The molecule has 0 N–H and O–H groups in total. The van der Waals surface area contributed by atoms with Crippen molar-refractivity contribution in [2.24, 2.45) is 0 Å². The van der Waals surface area contributed by atoms with Gasteiger partial charge in [0.05, 0.1) is 19.6 Å². The first-order valence-electron chi connectivity index (χ1n) is 6.93. The summed E-state index contributed by atoms with van der Waals surface area (Å²) < 4.78 is 5.54. The predicted octanol–water partition coefficient (Wildman–Crippen LogP) is 2.02. The van der Waals surface area contributed by atoms with Crippen LogP contribution in [0.15, 0.2) is 24.3 Å². The Hall–Kier alpha value is -1.10. The SMILES string of the molecule is CN1CCN(C(=O)CCOCc2cccc(Cl)c2)CC1. The molecule has 2 rings (SSSR count). The zero-order valence-electron chi connectivity index (χ0n) is 11.8. The van der Waals surface area contributed by atoms with Crippen molar-refractivity contribution in [2.75, 3.05) is 39.8 Å². The number of halogens is 1. The summed E-state index contributed by atoms with van der Waals surface area (Å²) in [5.41, 5.74) is 1.03. The van der Waals surface area contributed by atoms with E-state index >= 15 is 0 Å². The third kappa shape index (κ3) is 4.78. The summed E-state index contributed by atoms with van der Waals surface area (Å²) in [5, 5.41) is 0.708. The van der Waals surface area contributed by atoms with Gasteiger partial charge in [-0.05, 0) is 24.7 Å². The van der Waals surface area contributed by atoms with Crippen molar-refractivity contribution < 1.29 is 9.53 Å². The highest BCUT2D eigenvalue weighted by Crippen LogP contribution is 2.11. The Bertz CT molecular complexity index is 445. The van der Waals surface area contributed by atoms with Crippen LogP contribution in [-0.2, 0) is 16.1 Å². The first-order valence-corrected chi connectivity index (χ1v) is 7.31. The van der Waals surface area contributed by atoms with Gasteiger partial charge in [-0.25, -0.2) is 0 Å². The minimum atomic E-state index is 0.184. The van der Waals surface area contributed by atoms with Crippen LogP contribution in [0, 0.1) is 0 Å². The Labute approximate surface area is 125 Å². The smallest absolute Gasteiger partial charge is 0.224 e. The minimum Gasteiger partial charge on any atom is -0.376 e. The number of hydrogen-bond donors (Lipinski definition) is 0. The van der Waals surface area contributed by atoms with Crippen molar-refractivity contribution in [2.45, 2.75) is 13.0 Å².